The average Bonchev–Trinajstić information content (AvgIpc) is 2.63. The molecular formula is C14H26N4O. The van der Waals surface area contributed by atoms with E-state index in [0.717, 1.165) is 18.8 Å². The van der Waals surface area contributed by atoms with Gasteiger partial charge in [-0.25, -0.2) is 0 Å². The lowest BCUT2D eigenvalue weighted by Crippen LogP contribution is -2.53. The Kier molecular flexibility index (Phi) is 4.58. The summed E-state index contributed by atoms with van der Waals surface area (Å²) in [5, 5.41) is 18.6. The minimum absolute atomic E-state index is 0.206. The lowest BCUT2D eigenvalue weighted by Gasteiger charge is -2.41. The van der Waals surface area contributed by atoms with Crippen LogP contribution in [0.4, 0.5) is 0 Å². The largest absolute Gasteiger partial charge is 0.391 e. The van der Waals surface area contributed by atoms with Crippen LogP contribution in [-0.2, 0) is 13.5 Å². The molecule has 1 N–H and O–H groups in total. The summed E-state index contributed by atoms with van der Waals surface area (Å²) in [5.41, 5.74) is 0.653. The molecular weight excluding hydrogens is 240 g/mol. The standard InChI is InChI=1S/C14H26N4O/c1-14(2,18-8-6-4-5-7-9-18)13(19)10-12-11-17(3)16-15-12/h11,13,19H,4-10H2,1-3H3. The number of rotatable bonds is 4. The van der Waals surface area contributed by atoms with Crippen molar-refractivity contribution in [1.29, 1.82) is 0 Å². The van der Waals surface area contributed by atoms with Gasteiger partial charge in [0.1, 0.15) is 0 Å². The fourth-order valence-electron chi connectivity index (χ4n) is 2.79. The Balaban J connectivity index is 2.00. The van der Waals surface area contributed by atoms with E-state index in [9.17, 15) is 5.11 Å². The molecule has 1 aliphatic rings. The molecule has 0 saturated carbocycles. The van der Waals surface area contributed by atoms with E-state index in [4.69, 9.17) is 0 Å². The van der Waals surface area contributed by atoms with Crippen LogP contribution in [0, 0.1) is 0 Å². The van der Waals surface area contributed by atoms with Gasteiger partial charge >= 0.3 is 0 Å². The Morgan fingerprint density at radius 2 is 1.89 bits per heavy atom. The predicted molar refractivity (Wildman–Crippen MR) is 74.8 cm³/mol. The molecule has 0 bridgehead atoms. The average molecular weight is 266 g/mol. The number of likely N-dealkylation sites (tertiary alicyclic amines) is 1. The van der Waals surface area contributed by atoms with E-state index in [1.807, 2.05) is 13.2 Å². The highest BCUT2D eigenvalue weighted by molar-refractivity contribution is 5.00. The Hall–Kier alpha value is -0.940. The molecule has 0 radical (unpaired) electrons. The summed E-state index contributed by atoms with van der Waals surface area (Å²) < 4.78 is 1.68. The number of hydrogen-bond donors (Lipinski definition) is 1. The maximum absolute atomic E-state index is 10.6. The van der Waals surface area contributed by atoms with E-state index >= 15 is 0 Å². The second-order valence-electron chi connectivity index (χ2n) is 6.16. The van der Waals surface area contributed by atoms with Gasteiger partial charge in [0.25, 0.3) is 0 Å². The molecule has 0 aromatic carbocycles. The molecule has 1 aromatic rings. The third kappa shape index (κ3) is 3.54. The van der Waals surface area contributed by atoms with Crippen molar-refractivity contribution < 1.29 is 5.11 Å². The third-order valence-corrected chi connectivity index (χ3v) is 4.29. The van der Waals surface area contributed by atoms with Crippen molar-refractivity contribution >= 4 is 0 Å². The van der Waals surface area contributed by atoms with Gasteiger partial charge < -0.3 is 5.11 Å². The summed E-state index contributed by atoms with van der Waals surface area (Å²) in [6, 6.07) is 0. The van der Waals surface area contributed by atoms with Gasteiger partial charge in [0, 0.05) is 25.2 Å². The van der Waals surface area contributed by atoms with Crippen LogP contribution in [0.2, 0.25) is 0 Å². The first-order valence-electron chi connectivity index (χ1n) is 7.28. The second kappa shape index (κ2) is 6.01. The van der Waals surface area contributed by atoms with Crippen LogP contribution in [0.1, 0.15) is 45.2 Å². The highest BCUT2D eigenvalue weighted by Gasteiger charge is 2.34. The van der Waals surface area contributed by atoms with Crippen molar-refractivity contribution in [2.75, 3.05) is 13.1 Å². The first kappa shape index (κ1) is 14.5. The van der Waals surface area contributed by atoms with Crippen LogP contribution in [0.15, 0.2) is 6.20 Å². The number of aliphatic hydroxyl groups excluding tert-OH is 1. The number of aromatic nitrogens is 3. The highest BCUT2D eigenvalue weighted by Crippen LogP contribution is 2.25. The molecule has 1 unspecified atom stereocenters. The van der Waals surface area contributed by atoms with Crippen molar-refractivity contribution in [2.24, 2.45) is 7.05 Å². The van der Waals surface area contributed by atoms with Gasteiger partial charge in [-0.3, -0.25) is 9.58 Å². The van der Waals surface area contributed by atoms with Gasteiger partial charge in [-0.15, -0.1) is 5.10 Å². The molecule has 108 valence electrons. The minimum Gasteiger partial charge on any atom is -0.391 e. The number of aliphatic hydroxyl groups is 1. The first-order chi connectivity index (χ1) is 9.00. The number of nitrogens with zero attached hydrogens (tertiary/aromatic N) is 4. The van der Waals surface area contributed by atoms with Crippen molar-refractivity contribution in [3.8, 4) is 0 Å². The van der Waals surface area contributed by atoms with Crippen molar-refractivity contribution in [3.05, 3.63) is 11.9 Å². The molecule has 2 heterocycles. The van der Waals surface area contributed by atoms with Gasteiger partial charge in [0.05, 0.1) is 11.8 Å². The summed E-state index contributed by atoms with van der Waals surface area (Å²) in [6.07, 6.45) is 7.13. The zero-order valence-electron chi connectivity index (χ0n) is 12.3. The molecule has 2 rings (SSSR count). The Bertz CT molecular complexity index is 394. The molecule has 1 fully saturated rings. The zero-order chi connectivity index (χ0) is 13.9. The smallest absolute Gasteiger partial charge is 0.0853 e. The molecule has 0 aliphatic carbocycles. The molecule has 1 aliphatic heterocycles. The van der Waals surface area contributed by atoms with Gasteiger partial charge in [-0.05, 0) is 39.8 Å². The second-order valence-corrected chi connectivity index (χ2v) is 6.16. The van der Waals surface area contributed by atoms with Crippen LogP contribution in [0.3, 0.4) is 0 Å². The molecule has 19 heavy (non-hydrogen) atoms. The van der Waals surface area contributed by atoms with Crippen LogP contribution in [0.5, 0.6) is 0 Å². The van der Waals surface area contributed by atoms with Gasteiger partial charge in [0.2, 0.25) is 0 Å². The maximum atomic E-state index is 10.6. The van der Waals surface area contributed by atoms with Crippen LogP contribution in [-0.4, -0.2) is 49.7 Å². The Morgan fingerprint density at radius 3 is 2.42 bits per heavy atom. The van der Waals surface area contributed by atoms with Gasteiger partial charge in [0.15, 0.2) is 0 Å². The quantitative estimate of drug-likeness (QED) is 0.894. The summed E-state index contributed by atoms with van der Waals surface area (Å²) in [6.45, 7) is 6.45. The first-order valence-corrected chi connectivity index (χ1v) is 7.28. The van der Waals surface area contributed by atoms with Gasteiger partial charge in [-0.2, -0.15) is 0 Å². The molecule has 1 atom stereocenters. The third-order valence-electron chi connectivity index (χ3n) is 4.29. The van der Waals surface area contributed by atoms with Crippen LogP contribution >= 0.6 is 0 Å². The summed E-state index contributed by atoms with van der Waals surface area (Å²) in [5.74, 6) is 0. The molecule has 0 spiro atoms. The van der Waals surface area contributed by atoms with Crippen LogP contribution in [0.25, 0.3) is 0 Å². The van der Waals surface area contributed by atoms with Crippen molar-refractivity contribution in [1.82, 2.24) is 19.9 Å². The van der Waals surface area contributed by atoms with E-state index < -0.39 is 6.10 Å². The van der Waals surface area contributed by atoms with E-state index in [1.54, 1.807) is 4.68 Å². The topological polar surface area (TPSA) is 54.2 Å². The monoisotopic (exact) mass is 266 g/mol. The van der Waals surface area contributed by atoms with Gasteiger partial charge in [-0.1, -0.05) is 18.1 Å². The normalized spacial score (nSPS) is 20.2. The number of hydrogen-bond acceptors (Lipinski definition) is 4. The molecule has 0 amide bonds. The predicted octanol–water partition coefficient (Wildman–Crippen LogP) is 1.37. The Labute approximate surface area is 115 Å². The molecule has 5 nitrogen and oxygen atoms in total. The Morgan fingerprint density at radius 1 is 1.26 bits per heavy atom. The lowest BCUT2D eigenvalue weighted by atomic mass is 9.91. The van der Waals surface area contributed by atoms with Crippen LogP contribution < -0.4 is 0 Å². The SMILES string of the molecule is Cn1cc(CC(O)C(C)(C)N2CCCCCC2)nn1. The molecule has 1 saturated heterocycles. The van der Waals surface area contributed by atoms with Crippen molar-refractivity contribution in [2.45, 2.75) is 57.6 Å². The van der Waals surface area contributed by atoms with E-state index in [-0.39, 0.29) is 5.54 Å². The zero-order valence-corrected chi connectivity index (χ0v) is 12.3. The minimum atomic E-state index is -0.415. The highest BCUT2D eigenvalue weighted by atomic mass is 16.3. The molecule has 1 aromatic heterocycles. The summed E-state index contributed by atoms with van der Waals surface area (Å²) >= 11 is 0. The maximum Gasteiger partial charge on any atom is 0.0853 e. The fraction of sp³-hybridized carbons (Fsp3) is 0.857. The van der Waals surface area contributed by atoms with E-state index in [1.165, 1.54) is 25.7 Å². The molecule has 5 heteroatoms. The fourth-order valence-corrected chi connectivity index (χ4v) is 2.79. The summed E-state index contributed by atoms with van der Waals surface area (Å²) in [7, 11) is 1.85. The van der Waals surface area contributed by atoms with E-state index in [0.29, 0.717) is 6.42 Å². The van der Waals surface area contributed by atoms with E-state index in [2.05, 4.69) is 29.1 Å². The van der Waals surface area contributed by atoms with Crippen molar-refractivity contribution in [3.63, 3.8) is 0 Å². The summed E-state index contributed by atoms with van der Waals surface area (Å²) in [4.78, 5) is 2.43. The number of aryl methyl sites for hydroxylation is 1. The lowest BCUT2D eigenvalue weighted by molar-refractivity contribution is -0.00835.